The van der Waals surface area contributed by atoms with Crippen molar-refractivity contribution in [2.24, 2.45) is 11.8 Å². The van der Waals surface area contributed by atoms with E-state index >= 15 is 0 Å². The van der Waals surface area contributed by atoms with Crippen molar-refractivity contribution in [3.8, 4) is 0 Å². The molecule has 0 radical (unpaired) electrons. The summed E-state index contributed by atoms with van der Waals surface area (Å²) >= 11 is 0. The highest BCUT2D eigenvalue weighted by atomic mass is 16.4. The maximum atomic E-state index is 13.0. The van der Waals surface area contributed by atoms with Crippen molar-refractivity contribution in [1.29, 1.82) is 0 Å². The van der Waals surface area contributed by atoms with Gasteiger partial charge < -0.3 is 20.6 Å². The molecule has 6 heteroatoms. The summed E-state index contributed by atoms with van der Waals surface area (Å²) in [6.07, 6.45) is 0.673. The molecule has 5 rings (SSSR count). The topological polar surface area (TPSA) is 107 Å². The molecule has 2 unspecified atom stereocenters. The van der Waals surface area contributed by atoms with Gasteiger partial charge in [0.05, 0.1) is 5.92 Å². The lowest BCUT2D eigenvalue weighted by Crippen LogP contribution is -2.65. The van der Waals surface area contributed by atoms with Crippen LogP contribution in [0.25, 0.3) is 0 Å². The average molecular weight is 367 g/mol. The number of rotatable bonds is 4. The molecule has 3 aliphatic rings. The highest BCUT2D eigenvalue weighted by molar-refractivity contribution is 5.91. The van der Waals surface area contributed by atoms with Gasteiger partial charge in [0.1, 0.15) is 17.1 Å². The number of carboxylic acids is 1. The van der Waals surface area contributed by atoms with E-state index in [9.17, 15) is 24.9 Å². The molecule has 3 aliphatic carbocycles. The first-order chi connectivity index (χ1) is 12.9. The maximum Gasteiger partial charge on any atom is 0.311 e. The minimum Gasteiger partial charge on any atom is -0.481 e. The molecule has 1 amide bonds. The minimum atomic E-state index is -1.91. The first kappa shape index (κ1) is 17.7. The first-order valence-electron chi connectivity index (χ1n) is 9.03. The van der Waals surface area contributed by atoms with E-state index in [4.69, 9.17) is 0 Å². The van der Waals surface area contributed by atoms with Crippen LogP contribution in [0.3, 0.4) is 0 Å². The van der Waals surface area contributed by atoms with Gasteiger partial charge >= 0.3 is 5.97 Å². The van der Waals surface area contributed by atoms with E-state index in [-0.39, 0.29) is 0 Å². The molecule has 2 bridgehead atoms. The van der Waals surface area contributed by atoms with Crippen LogP contribution in [0.4, 0.5) is 0 Å². The van der Waals surface area contributed by atoms with E-state index in [0.29, 0.717) is 35.2 Å². The van der Waals surface area contributed by atoms with Crippen LogP contribution in [0, 0.1) is 11.8 Å². The Morgan fingerprint density at radius 3 is 1.67 bits per heavy atom. The Kier molecular flexibility index (Phi) is 3.87. The van der Waals surface area contributed by atoms with Crippen LogP contribution < -0.4 is 5.32 Å². The Bertz CT molecular complexity index is 890. The summed E-state index contributed by atoms with van der Waals surface area (Å²) in [6, 6.07) is 13.3. The fourth-order valence-corrected chi connectivity index (χ4v) is 4.76. The Morgan fingerprint density at radius 2 is 1.30 bits per heavy atom. The third-order valence-corrected chi connectivity index (χ3v) is 5.83. The van der Waals surface area contributed by atoms with E-state index in [2.05, 4.69) is 5.32 Å². The zero-order chi connectivity index (χ0) is 19.4. The molecule has 0 aromatic heterocycles. The SMILES string of the molecule is CCCNC(=O)C1C(C(=O)O)C2(O)c3ccccc3C1(O)c1ccccc12. The van der Waals surface area contributed by atoms with E-state index in [1.165, 1.54) is 0 Å². The summed E-state index contributed by atoms with van der Waals surface area (Å²) in [7, 11) is 0. The van der Waals surface area contributed by atoms with E-state index in [1.807, 2.05) is 6.92 Å². The van der Waals surface area contributed by atoms with E-state index < -0.39 is 34.9 Å². The fraction of sp³-hybridized carbons (Fsp3) is 0.333. The molecule has 2 aromatic carbocycles. The van der Waals surface area contributed by atoms with Crippen molar-refractivity contribution in [3.05, 3.63) is 70.8 Å². The summed E-state index contributed by atoms with van der Waals surface area (Å²) in [4.78, 5) is 25.2. The lowest BCUT2D eigenvalue weighted by atomic mass is 9.49. The number of carboxylic acid groups (broad SMARTS) is 1. The van der Waals surface area contributed by atoms with Crippen LogP contribution in [-0.4, -0.2) is 33.7 Å². The molecule has 0 saturated heterocycles. The van der Waals surface area contributed by atoms with Crippen LogP contribution in [0.2, 0.25) is 0 Å². The molecule has 0 saturated carbocycles. The van der Waals surface area contributed by atoms with E-state index in [0.717, 1.165) is 0 Å². The zero-order valence-electron chi connectivity index (χ0n) is 14.8. The second kappa shape index (κ2) is 5.90. The van der Waals surface area contributed by atoms with Gasteiger partial charge in [-0.15, -0.1) is 0 Å². The summed E-state index contributed by atoms with van der Waals surface area (Å²) in [5, 5.41) is 36.3. The fourth-order valence-electron chi connectivity index (χ4n) is 4.76. The first-order valence-corrected chi connectivity index (χ1v) is 9.03. The molecule has 140 valence electrons. The molecule has 4 N–H and O–H groups in total. The van der Waals surface area contributed by atoms with Crippen molar-refractivity contribution in [3.63, 3.8) is 0 Å². The van der Waals surface area contributed by atoms with Gasteiger partial charge in [0.25, 0.3) is 0 Å². The van der Waals surface area contributed by atoms with Gasteiger partial charge in [-0.05, 0) is 28.7 Å². The lowest BCUT2D eigenvalue weighted by Gasteiger charge is -2.57. The molecule has 0 aliphatic heterocycles. The summed E-state index contributed by atoms with van der Waals surface area (Å²) in [5.74, 6) is -4.76. The number of hydrogen-bond acceptors (Lipinski definition) is 4. The Labute approximate surface area is 156 Å². The molecule has 2 aromatic rings. The molecule has 0 heterocycles. The number of nitrogens with one attached hydrogen (secondary N) is 1. The number of aliphatic hydroxyl groups is 2. The number of carbonyl (C=O) groups is 2. The van der Waals surface area contributed by atoms with Gasteiger partial charge in [0, 0.05) is 6.54 Å². The second-order valence-corrected chi connectivity index (χ2v) is 7.21. The number of aliphatic carboxylic acids is 1. The summed E-state index contributed by atoms with van der Waals surface area (Å²) < 4.78 is 0. The van der Waals surface area contributed by atoms with Crippen molar-refractivity contribution in [1.82, 2.24) is 5.32 Å². The van der Waals surface area contributed by atoms with Crippen molar-refractivity contribution in [2.45, 2.75) is 24.5 Å². The predicted molar refractivity (Wildman–Crippen MR) is 96.8 cm³/mol. The van der Waals surface area contributed by atoms with Crippen molar-refractivity contribution >= 4 is 11.9 Å². The Morgan fingerprint density at radius 1 is 0.889 bits per heavy atom. The number of benzene rings is 2. The molecule has 2 atom stereocenters. The molecule has 6 nitrogen and oxygen atoms in total. The third-order valence-electron chi connectivity index (χ3n) is 5.83. The van der Waals surface area contributed by atoms with E-state index in [1.54, 1.807) is 48.5 Å². The molecular formula is C21H21NO5. The molecule has 0 spiro atoms. The van der Waals surface area contributed by atoms with Crippen molar-refractivity contribution < 1.29 is 24.9 Å². The monoisotopic (exact) mass is 367 g/mol. The van der Waals surface area contributed by atoms with Gasteiger partial charge in [-0.1, -0.05) is 55.5 Å². The summed E-state index contributed by atoms with van der Waals surface area (Å²) in [6.45, 7) is 2.24. The number of fused-ring (bicyclic) bond motifs is 1. The molecule has 27 heavy (non-hydrogen) atoms. The summed E-state index contributed by atoms with van der Waals surface area (Å²) in [5.41, 5.74) is -2.33. The van der Waals surface area contributed by atoms with Crippen LogP contribution in [-0.2, 0) is 20.8 Å². The van der Waals surface area contributed by atoms with Crippen LogP contribution in [0.1, 0.15) is 35.6 Å². The number of carbonyl (C=O) groups excluding carboxylic acids is 1. The van der Waals surface area contributed by atoms with Gasteiger partial charge in [-0.3, -0.25) is 9.59 Å². The van der Waals surface area contributed by atoms with Gasteiger partial charge in [-0.2, -0.15) is 0 Å². The molecular weight excluding hydrogens is 346 g/mol. The Hall–Kier alpha value is -2.70. The number of hydrogen-bond donors (Lipinski definition) is 4. The quantitative estimate of drug-likeness (QED) is 0.652. The smallest absolute Gasteiger partial charge is 0.311 e. The normalized spacial score (nSPS) is 30.3. The lowest BCUT2D eigenvalue weighted by molar-refractivity contribution is -0.180. The molecule has 0 fully saturated rings. The number of amides is 1. The Balaban J connectivity index is 2.06. The van der Waals surface area contributed by atoms with Crippen molar-refractivity contribution in [2.75, 3.05) is 6.54 Å². The van der Waals surface area contributed by atoms with Gasteiger partial charge in [-0.25, -0.2) is 0 Å². The average Bonchev–Trinajstić information content (AvgIpc) is 2.67. The highest BCUT2D eigenvalue weighted by Crippen LogP contribution is 2.62. The minimum absolute atomic E-state index is 0.332. The predicted octanol–water partition coefficient (Wildman–Crippen LogP) is 1.33. The highest BCUT2D eigenvalue weighted by Gasteiger charge is 2.69. The zero-order valence-corrected chi connectivity index (χ0v) is 14.8. The maximum absolute atomic E-state index is 13.0. The van der Waals surface area contributed by atoms with Gasteiger partial charge in [0.2, 0.25) is 5.91 Å². The van der Waals surface area contributed by atoms with Crippen LogP contribution in [0.5, 0.6) is 0 Å². The van der Waals surface area contributed by atoms with Gasteiger partial charge in [0.15, 0.2) is 0 Å². The van der Waals surface area contributed by atoms with Crippen LogP contribution >= 0.6 is 0 Å². The second-order valence-electron chi connectivity index (χ2n) is 7.21. The largest absolute Gasteiger partial charge is 0.481 e. The standard InChI is InChI=1S/C21H21NO5/c1-2-11-22-18(23)16-17(19(24)25)21(27)14-9-5-3-7-12(14)20(16,26)13-8-4-6-10-15(13)21/h3-10,16-17,26-27H,2,11H2,1H3,(H,22,23)(H,24,25). The third kappa shape index (κ3) is 2.08. The van der Waals surface area contributed by atoms with Crippen LogP contribution in [0.15, 0.2) is 48.5 Å².